The Morgan fingerprint density at radius 2 is 1.88 bits per heavy atom. The number of rotatable bonds is 5. The van der Waals surface area contributed by atoms with Gasteiger partial charge in [0.15, 0.2) is 0 Å². The maximum atomic E-state index is 5.47. The van der Waals surface area contributed by atoms with Crippen LogP contribution in [0.5, 0.6) is 5.75 Å². The van der Waals surface area contributed by atoms with Gasteiger partial charge in [-0.05, 0) is 49.9 Å². The normalized spacial score (nSPS) is 9.59. The Hall–Kier alpha value is -1.42. The minimum absolute atomic E-state index is 0.723. The Morgan fingerprint density at radius 1 is 1.12 bits per heavy atom. The van der Waals surface area contributed by atoms with E-state index in [1.807, 2.05) is 13.0 Å². The molecule has 0 unspecified atom stereocenters. The molecule has 0 aliphatic rings. The van der Waals surface area contributed by atoms with Crippen molar-refractivity contribution in [1.82, 2.24) is 0 Å². The Morgan fingerprint density at radius 3 is 2.53 bits per heavy atom. The van der Waals surface area contributed by atoms with Crippen molar-refractivity contribution in [2.45, 2.75) is 46.5 Å². The van der Waals surface area contributed by atoms with Gasteiger partial charge in [-0.15, -0.1) is 11.8 Å². The molecule has 0 amide bonds. The minimum Gasteiger partial charge on any atom is -0.494 e. The molecule has 17 heavy (non-hydrogen) atoms. The molecule has 1 rings (SSSR count). The molecule has 0 heterocycles. The van der Waals surface area contributed by atoms with E-state index in [0.717, 1.165) is 38.0 Å². The van der Waals surface area contributed by atoms with Crippen LogP contribution < -0.4 is 4.74 Å². The van der Waals surface area contributed by atoms with Crippen molar-refractivity contribution in [2.24, 2.45) is 0 Å². The van der Waals surface area contributed by atoms with Crippen LogP contribution in [0.15, 0.2) is 18.2 Å². The molecule has 0 atom stereocenters. The average Bonchev–Trinajstić information content (AvgIpc) is 2.32. The van der Waals surface area contributed by atoms with Crippen LogP contribution in [0.4, 0.5) is 0 Å². The molecule has 0 spiro atoms. The quantitative estimate of drug-likeness (QED) is 0.691. The maximum absolute atomic E-state index is 5.47. The van der Waals surface area contributed by atoms with E-state index in [1.54, 1.807) is 0 Å². The summed E-state index contributed by atoms with van der Waals surface area (Å²) in [4.78, 5) is 0. The Balaban J connectivity index is 2.52. The lowest BCUT2D eigenvalue weighted by atomic mass is 10.0. The third kappa shape index (κ3) is 4.95. The first-order valence-electron chi connectivity index (χ1n) is 6.46. The van der Waals surface area contributed by atoms with E-state index in [-0.39, 0.29) is 0 Å². The highest BCUT2D eigenvalue weighted by molar-refractivity contribution is 5.35. The summed E-state index contributed by atoms with van der Waals surface area (Å²) in [5.74, 6) is 7.37. The zero-order chi connectivity index (χ0) is 12.5. The Kier molecular flexibility index (Phi) is 6.25. The molecule has 0 radical (unpaired) electrons. The highest BCUT2D eigenvalue weighted by Gasteiger charge is 1.99. The lowest BCUT2D eigenvalue weighted by Gasteiger charge is -2.07. The molecule has 1 heteroatoms. The molecular weight excluding hydrogens is 208 g/mol. The lowest BCUT2D eigenvalue weighted by molar-refractivity contribution is 0.340. The summed E-state index contributed by atoms with van der Waals surface area (Å²) in [6, 6.07) is 6.31. The SMILES string of the molecule is CCCC#CCCc1ccc(OCC)cc1C. The monoisotopic (exact) mass is 230 g/mol. The van der Waals surface area contributed by atoms with E-state index in [0.29, 0.717) is 0 Å². The van der Waals surface area contributed by atoms with Crippen LogP contribution in [-0.2, 0) is 6.42 Å². The molecule has 1 aromatic rings. The van der Waals surface area contributed by atoms with Crippen LogP contribution in [-0.4, -0.2) is 6.61 Å². The second-order valence-corrected chi connectivity index (χ2v) is 4.12. The number of hydrogen-bond donors (Lipinski definition) is 0. The molecule has 0 saturated heterocycles. The Labute approximate surface area is 105 Å². The lowest BCUT2D eigenvalue weighted by Crippen LogP contribution is -1.94. The second kappa shape index (κ2) is 7.79. The maximum Gasteiger partial charge on any atom is 0.119 e. The van der Waals surface area contributed by atoms with Crippen molar-refractivity contribution < 1.29 is 4.74 Å². The van der Waals surface area contributed by atoms with Gasteiger partial charge in [0.2, 0.25) is 0 Å². The number of hydrogen-bond acceptors (Lipinski definition) is 1. The summed E-state index contributed by atoms with van der Waals surface area (Å²) in [6.45, 7) is 7.02. The number of ether oxygens (including phenoxy) is 1. The fraction of sp³-hybridized carbons (Fsp3) is 0.500. The highest BCUT2D eigenvalue weighted by atomic mass is 16.5. The number of aryl methyl sites for hydroxylation is 2. The molecule has 0 saturated carbocycles. The summed E-state index contributed by atoms with van der Waals surface area (Å²) in [6.07, 6.45) is 4.15. The zero-order valence-corrected chi connectivity index (χ0v) is 11.2. The van der Waals surface area contributed by atoms with Crippen molar-refractivity contribution in [3.8, 4) is 17.6 Å². The van der Waals surface area contributed by atoms with Gasteiger partial charge in [0.25, 0.3) is 0 Å². The van der Waals surface area contributed by atoms with Crippen LogP contribution in [0.1, 0.15) is 44.2 Å². The summed E-state index contributed by atoms with van der Waals surface area (Å²) >= 11 is 0. The van der Waals surface area contributed by atoms with E-state index in [9.17, 15) is 0 Å². The summed E-state index contributed by atoms with van der Waals surface area (Å²) < 4.78 is 5.47. The van der Waals surface area contributed by atoms with Gasteiger partial charge in [0, 0.05) is 12.8 Å². The van der Waals surface area contributed by atoms with Crippen molar-refractivity contribution in [2.75, 3.05) is 6.61 Å². The molecule has 0 N–H and O–H groups in total. The molecule has 1 nitrogen and oxygen atoms in total. The van der Waals surface area contributed by atoms with Crippen molar-refractivity contribution in [3.05, 3.63) is 29.3 Å². The number of benzene rings is 1. The molecule has 0 aromatic heterocycles. The van der Waals surface area contributed by atoms with Crippen molar-refractivity contribution in [1.29, 1.82) is 0 Å². The first kappa shape index (κ1) is 13.6. The van der Waals surface area contributed by atoms with Gasteiger partial charge in [-0.1, -0.05) is 13.0 Å². The van der Waals surface area contributed by atoms with Gasteiger partial charge in [0.05, 0.1) is 6.61 Å². The molecule has 0 aliphatic carbocycles. The minimum atomic E-state index is 0.723. The van der Waals surface area contributed by atoms with E-state index < -0.39 is 0 Å². The topological polar surface area (TPSA) is 9.23 Å². The molecule has 0 aliphatic heterocycles. The standard InChI is InChI=1S/C16H22O/c1-4-6-7-8-9-10-15-11-12-16(17-5-2)13-14(15)3/h11-13H,4-6,9-10H2,1-3H3. The highest BCUT2D eigenvalue weighted by Crippen LogP contribution is 2.18. The molecule has 92 valence electrons. The fourth-order valence-electron chi connectivity index (χ4n) is 1.70. The van der Waals surface area contributed by atoms with Crippen LogP contribution in [0, 0.1) is 18.8 Å². The summed E-state index contributed by atoms with van der Waals surface area (Å²) in [5.41, 5.74) is 2.67. The van der Waals surface area contributed by atoms with Crippen molar-refractivity contribution >= 4 is 0 Å². The van der Waals surface area contributed by atoms with Crippen molar-refractivity contribution in [3.63, 3.8) is 0 Å². The van der Waals surface area contributed by atoms with Gasteiger partial charge in [-0.25, -0.2) is 0 Å². The van der Waals surface area contributed by atoms with E-state index in [1.165, 1.54) is 11.1 Å². The predicted molar refractivity (Wildman–Crippen MR) is 73.4 cm³/mol. The van der Waals surface area contributed by atoms with Gasteiger partial charge in [0.1, 0.15) is 5.75 Å². The fourth-order valence-corrected chi connectivity index (χ4v) is 1.70. The predicted octanol–water partition coefficient (Wildman–Crippen LogP) is 4.13. The zero-order valence-electron chi connectivity index (χ0n) is 11.2. The third-order valence-corrected chi connectivity index (χ3v) is 2.64. The number of unbranched alkanes of at least 4 members (excludes halogenated alkanes) is 1. The van der Waals surface area contributed by atoms with Gasteiger partial charge < -0.3 is 4.74 Å². The molecule has 0 fully saturated rings. The largest absolute Gasteiger partial charge is 0.494 e. The van der Waals surface area contributed by atoms with Gasteiger partial charge in [-0.2, -0.15) is 0 Å². The van der Waals surface area contributed by atoms with Crippen LogP contribution in [0.25, 0.3) is 0 Å². The smallest absolute Gasteiger partial charge is 0.119 e. The summed E-state index contributed by atoms with van der Waals surface area (Å²) in [7, 11) is 0. The van der Waals surface area contributed by atoms with Gasteiger partial charge in [-0.3, -0.25) is 0 Å². The second-order valence-electron chi connectivity index (χ2n) is 4.12. The van der Waals surface area contributed by atoms with E-state index in [4.69, 9.17) is 4.74 Å². The summed E-state index contributed by atoms with van der Waals surface area (Å²) in [5, 5.41) is 0. The van der Waals surface area contributed by atoms with Crippen LogP contribution in [0.2, 0.25) is 0 Å². The van der Waals surface area contributed by atoms with E-state index >= 15 is 0 Å². The molecule has 1 aromatic carbocycles. The van der Waals surface area contributed by atoms with Gasteiger partial charge >= 0.3 is 0 Å². The average molecular weight is 230 g/mol. The molecule has 0 bridgehead atoms. The van der Waals surface area contributed by atoms with E-state index in [2.05, 4.69) is 37.8 Å². The first-order valence-corrected chi connectivity index (χ1v) is 6.46. The molecular formula is C16H22O. The van der Waals surface area contributed by atoms with Crippen LogP contribution >= 0.6 is 0 Å². The third-order valence-electron chi connectivity index (χ3n) is 2.64. The Bertz CT molecular complexity index is 396. The van der Waals surface area contributed by atoms with Crippen LogP contribution in [0.3, 0.4) is 0 Å². The first-order chi connectivity index (χ1) is 8.27.